The second kappa shape index (κ2) is 6.01. The Hall–Kier alpha value is 0.0600. The van der Waals surface area contributed by atoms with Crippen molar-refractivity contribution in [2.24, 2.45) is 0 Å². The van der Waals surface area contributed by atoms with E-state index in [4.69, 9.17) is 11.6 Å². The molecule has 18 heavy (non-hydrogen) atoms. The van der Waals surface area contributed by atoms with E-state index in [-0.39, 0.29) is 5.82 Å². The Labute approximate surface area is 130 Å². The monoisotopic (exact) mass is 412 g/mol. The predicted octanol–water partition coefficient (Wildman–Crippen LogP) is 5.34. The average molecular weight is 415 g/mol. The Morgan fingerprint density at radius 2 is 2.00 bits per heavy atom. The fraction of sp³-hybridized carbons (Fsp3) is 0.167. The van der Waals surface area contributed by atoms with Crippen molar-refractivity contribution in [3.8, 4) is 0 Å². The predicted molar refractivity (Wildman–Crippen MR) is 79.8 cm³/mol. The molecular weight excluding hydrogens is 406 g/mol. The number of hydrogen-bond acceptors (Lipinski definition) is 2. The lowest BCUT2D eigenvalue weighted by molar-refractivity contribution is 0.182. The van der Waals surface area contributed by atoms with E-state index in [2.05, 4.69) is 31.9 Å². The molecule has 1 heterocycles. The van der Waals surface area contributed by atoms with Crippen LogP contribution >= 0.6 is 54.8 Å². The summed E-state index contributed by atoms with van der Waals surface area (Å²) in [7, 11) is 0. The molecule has 1 nitrogen and oxygen atoms in total. The molecule has 2 aromatic rings. The number of halogens is 4. The minimum Gasteiger partial charge on any atom is -0.387 e. The topological polar surface area (TPSA) is 20.2 Å². The molecule has 0 amide bonds. The fourth-order valence-electron chi connectivity index (χ4n) is 1.52. The van der Waals surface area contributed by atoms with Gasteiger partial charge in [-0.2, -0.15) is 0 Å². The first-order chi connectivity index (χ1) is 8.47. The largest absolute Gasteiger partial charge is 0.387 e. The van der Waals surface area contributed by atoms with E-state index in [0.29, 0.717) is 15.2 Å². The van der Waals surface area contributed by atoms with Crippen molar-refractivity contribution in [2.75, 3.05) is 0 Å². The van der Waals surface area contributed by atoms with Crippen LogP contribution in [0.5, 0.6) is 0 Å². The SMILES string of the molecule is OC(Cc1ccc(F)cc1Br)c1cc(Br)c(Cl)s1. The van der Waals surface area contributed by atoms with Gasteiger partial charge in [-0.1, -0.05) is 33.6 Å². The van der Waals surface area contributed by atoms with Crippen LogP contribution in [-0.4, -0.2) is 5.11 Å². The van der Waals surface area contributed by atoms with Crippen LogP contribution in [0.2, 0.25) is 4.34 Å². The van der Waals surface area contributed by atoms with Crippen molar-refractivity contribution in [1.29, 1.82) is 0 Å². The maximum atomic E-state index is 13.0. The van der Waals surface area contributed by atoms with Gasteiger partial charge in [0, 0.05) is 20.2 Å². The standard InChI is InChI=1S/C12H8Br2ClFOS/c13-8-4-7(16)2-1-6(8)3-10(17)11-5-9(14)12(15)18-11/h1-2,4-5,10,17H,3H2. The highest BCUT2D eigenvalue weighted by Gasteiger charge is 2.15. The van der Waals surface area contributed by atoms with Crippen molar-refractivity contribution >= 4 is 54.8 Å². The van der Waals surface area contributed by atoms with E-state index < -0.39 is 6.10 Å². The van der Waals surface area contributed by atoms with Crippen molar-refractivity contribution in [1.82, 2.24) is 0 Å². The van der Waals surface area contributed by atoms with E-state index in [0.717, 1.165) is 14.9 Å². The van der Waals surface area contributed by atoms with Crippen LogP contribution in [0, 0.1) is 5.82 Å². The van der Waals surface area contributed by atoms with Crippen molar-refractivity contribution in [3.05, 3.63) is 53.8 Å². The molecule has 0 saturated carbocycles. The average Bonchev–Trinajstić information content (AvgIpc) is 2.63. The van der Waals surface area contributed by atoms with Crippen molar-refractivity contribution in [3.63, 3.8) is 0 Å². The second-order valence-electron chi connectivity index (χ2n) is 3.73. The second-order valence-corrected chi connectivity index (χ2v) is 7.12. The van der Waals surface area contributed by atoms with Crippen LogP contribution in [0.25, 0.3) is 0 Å². The number of benzene rings is 1. The van der Waals surface area contributed by atoms with E-state index in [9.17, 15) is 9.50 Å². The summed E-state index contributed by atoms with van der Waals surface area (Å²) in [5, 5.41) is 10.1. The Kier molecular flexibility index (Phi) is 4.83. The third kappa shape index (κ3) is 3.33. The molecule has 1 atom stereocenters. The highest BCUT2D eigenvalue weighted by molar-refractivity contribution is 9.10. The number of aliphatic hydroxyl groups excluding tert-OH is 1. The quantitative estimate of drug-likeness (QED) is 0.719. The van der Waals surface area contributed by atoms with Gasteiger partial charge in [-0.25, -0.2) is 4.39 Å². The van der Waals surface area contributed by atoms with Gasteiger partial charge in [0.15, 0.2) is 0 Å². The van der Waals surface area contributed by atoms with Crippen molar-refractivity contribution in [2.45, 2.75) is 12.5 Å². The Bertz CT molecular complexity index is 554. The molecule has 0 bridgehead atoms. The minimum absolute atomic E-state index is 0.304. The molecule has 0 spiro atoms. The molecule has 0 saturated heterocycles. The lowest BCUT2D eigenvalue weighted by Gasteiger charge is -2.10. The van der Waals surface area contributed by atoms with Gasteiger partial charge < -0.3 is 5.11 Å². The molecule has 0 aliphatic heterocycles. The number of rotatable bonds is 3. The molecular formula is C12H8Br2ClFOS. The van der Waals surface area contributed by atoms with Crippen LogP contribution < -0.4 is 0 Å². The first-order valence-corrected chi connectivity index (χ1v) is 7.82. The highest BCUT2D eigenvalue weighted by Crippen LogP contribution is 2.36. The van der Waals surface area contributed by atoms with Gasteiger partial charge in [-0.15, -0.1) is 11.3 Å². The van der Waals surface area contributed by atoms with Gasteiger partial charge in [0.2, 0.25) is 0 Å². The van der Waals surface area contributed by atoms with Gasteiger partial charge in [0.25, 0.3) is 0 Å². The summed E-state index contributed by atoms with van der Waals surface area (Å²) in [5.74, 6) is -0.304. The molecule has 6 heteroatoms. The van der Waals surface area contributed by atoms with Crippen LogP contribution in [0.15, 0.2) is 33.2 Å². The molecule has 96 valence electrons. The lowest BCUT2D eigenvalue weighted by atomic mass is 10.1. The Balaban J connectivity index is 2.18. The third-order valence-corrected chi connectivity index (χ3v) is 5.74. The summed E-state index contributed by atoms with van der Waals surface area (Å²) in [4.78, 5) is 0.781. The smallest absolute Gasteiger partial charge is 0.124 e. The zero-order valence-electron chi connectivity index (χ0n) is 8.96. The summed E-state index contributed by atoms with van der Waals surface area (Å²) < 4.78 is 15.0. The molecule has 2 rings (SSSR count). The number of hydrogen-bond donors (Lipinski definition) is 1. The lowest BCUT2D eigenvalue weighted by Crippen LogP contribution is -2.00. The van der Waals surface area contributed by atoms with Crippen LogP contribution in [0.3, 0.4) is 0 Å². The number of thiophene rings is 1. The first kappa shape index (κ1) is 14.5. The Morgan fingerprint density at radius 3 is 2.56 bits per heavy atom. The molecule has 1 aromatic heterocycles. The van der Waals surface area contributed by atoms with Gasteiger partial charge >= 0.3 is 0 Å². The van der Waals surface area contributed by atoms with Gasteiger partial charge in [0.05, 0.1) is 6.10 Å². The van der Waals surface area contributed by atoms with E-state index in [1.165, 1.54) is 23.5 Å². The zero-order valence-corrected chi connectivity index (χ0v) is 13.7. The summed E-state index contributed by atoms with van der Waals surface area (Å²) in [6.45, 7) is 0. The fourth-order valence-corrected chi connectivity index (χ4v) is 3.76. The summed E-state index contributed by atoms with van der Waals surface area (Å²) >= 11 is 13.8. The molecule has 0 aliphatic rings. The maximum absolute atomic E-state index is 13.0. The molecule has 0 aliphatic carbocycles. The summed E-state index contributed by atoms with van der Waals surface area (Å²) in [6, 6.07) is 6.23. The van der Waals surface area contributed by atoms with Gasteiger partial charge in [-0.05, 0) is 39.7 Å². The summed E-state index contributed by atoms with van der Waals surface area (Å²) in [6.07, 6.45) is -0.245. The molecule has 0 fully saturated rings. The van der Waals surface area contributed by atoms with E-state index in [1.807, 2.05) is 0 Å². The first-order valence-electron chi connectivity index (χ1n) is 5.04. The van der Waals surface area contributed by atoms with Gasteiger partial charge in [0.1, 0.15) is 10.2 Å². The molecule has 1 N–H and O–H groups in total. The van der Waals surface area contributed by atoms with E-state index >= 15 is 0 Å². The third-order valence-electron chi connectivity index (χ3n) is 2.42. The van der Waals surface area contributed by atoms with Crippen LogP contribution in [0.4, 0.5) is 4.39 Å². The molecule has 0 radical (unpaired) electrons. The van der Waals surface area contributed by atoms with E-state index in [1.54, 1.807) is 12.1 Å². The zero-order chi connectivity index (χ0) is 13.3. The van der Waals surface area contributed by atoms with Crippen LogP contribution in [-0.2, 0) is 6.42 Å². The van der Waals surface area contributed by atoms with Crippen LogP contribution in [0.1, 0.15) is 16.5 Å². The number of aliphatic hydroxyl groups is 1. The summed E-state index contributed by atoms with van der Waals surface area (Å²) in [5.41, 5.74) is 0.851. The van der Waals surface area contributed by atoms with Gasteiger partial charge in [-0.3, -0.25) is 0 Å². The minimum atomic E-state index is -0.652. The maximum Gasteiger partial charge on any atom is 0.124 e. The molecule has 1 aromatic carbocycles. The Morgan fingerprint density at radius 1 is 1.28 bits per heavy atom. The normalized spacial score (nSPS) is 12.7. The molecule has 1 unspecified atom stereocenters. The highest BCUT2D eigenvalue weighted by atomic mass is 79.9. The van der Waals surface area contributed by atoms with Crippen molar-refractivity contribution < 1.29 is 9.50 Å².